The molecule has 0 bridgehead atoms. The largest absolute Gasteiger partial charge is 0.288 e. The second-order valence-corrected chi connectivity index (χ2v) is 6.82. The summed E-state index contributed by atoms with van der Waals surface area (Å²) in [7, 11) is 0. The van der Waals surface area contributed by atoms with Gasteiger partial charge in [-0.2, -0.15) is 0 Å². The Bertz CT molecular complexity index is 659. The summed E-state index contributed by atoms with van der Waals surface area (Å²) < 4.78 is 0.719. The van der Waals surface area contributed by atoms with Gasteiger partial charge in [-0.3, -0.25) is 14.9 Å². The summed E-state index contributed by atoms with van der Waals surface area (Å²) in [6, 6.07) is 4.39. The third kappa shape index (κ3) is 4.09. The van der Waals surface area contributed by atoms with Gasteiger partial charge in [-0.1, -0.05) is 36.4 Å². The number of halogens is 1. The number of carbonyl (C=O) groups is 1. The van der Waals surface area contributed by atoms with Crippen LogP contribution < -0.4 is 0 Å². The zero-order chi connectivity index (χ0) is 15.4. The molecule has 0 fully saturated rings. The molecule has 5 nitrogen and oxygen atoms in total. The predicted molar refractivity (Wildman–Crippen MR) is 88.9 cm³/mol. The second-order valence-electron chi connectivity index (χ2n) is 4.11. The molecule has 0 saturated heterocycles. The number of nitro benzene ring substituents is 1. The lowest BCUT2D eigenvalue weighted by Crippen LogP contribution is -1.91. The van der Waals surface area contributed by atoms with Crippen molar-refractivity contribution in [2.24, 2.45) is 4.99 Å². The summed E-state index contributed by atoms with van der Waals surface area (Å²) >= 11 is 8.38. The van der Waals surface area contributed by atoms with Gasteiger partial charge in [-0.05, 0) is 41.6 Å². The van der Waals surface area contributed by atoms with Crippen LogP contribution in [0.5, 0.6) is 0 Å². The molecular formula is C13H11ClN2O3S2. The van der Waals surface area contributed by atoms with Crippen LogP contribution in [0.2, 0.25) is 5.02 Å². The summed E-state index contributed by atoms with van der Waals surface area (Å²) in [4.78, 5) is 26.4. The van der Waals surface area contributed by atoms with Crippen LogP contribution in [0.25, 0.3) is 6.08 Å². The van der Waals surface area contributed by atoms with Crippen LogP contribution in [-0.4, -0.2) is 20.2 Å². The molecule has 1 aromatic rings. The summed E-state index contributed by atoms with van der Waals surface area (Å²) in [5, 5.41) is 10.8. The zero-order valence-electron chi connectivity index (χ0n) is 11.0. The number of nitro groups is 1. The van der Waals surface area contributed by atoms with Crippen LogP contribution in [0, 0.1) is 10.1 Å². The van der Waals surface area contributed by atoms with E-state index >= 15 is 0 Å². The number of rotatable bonds is 4. The summed E-state index contributed by atoms with van der Waals surface area (Å²) in [6.07, 6.45) is 2.54. The molecule has 110 valence electrons. The molecule has 0 atom stereocenters. The van der Waals surface area contributed by atoms with Crippen molar-refractivity contribution in [1.82, 2.24) is 0 Å². The van der Waals surface area contributed by atoms with Crippen molar-refractivity contribution in [3.05, 3.63) is 44.6 Å². The van der Waals surface area contributed by atoms with Gasteiger partial charge in [0, 0.05) is 6.07 Å². The van der Waals surface area contributed by atoms with E-state index in [1.807, 2.05) is 0 Å². The number of nitrogens with zero attached hydrogens (tertiary/aromatic N) is 2. The fourth-order valence-electron chi connectivity index (χ4n) is 1.56. The standard InChI is InChI=1S/C13H11ClN2O3S2/c1-2-5-20-13-15-10(12(17)21-13)6-8-3-4-9(14)11(7-8)16(18)19/h3-4,6-7H,2,5H2,1H3. The normalized spacial score (nSPS) is 16.4. The van der Waals surface area contributed by atoms with E-state index in [1.165, 1.54) is 30.0 Å². The van der Waals surface area contributed by atoms with E-state index in [2.05, 4.69) is 11.9 Å². The highest BCUT2D eigenvalue weighted by Crippen LogP contribution is 2.32. The molecule has 0 saturated carbocycles. The van der Waals surface area contributed by atoms with Crippen molar-refractivity contribution in [2.75, 3.05) is 5.75 Å². The van der Waals surface area contributed by atoms with E-state index in [1.54, 1.807) is 6.07 Å². The van der Waals surface area contributed by atoms with Crippen LogP contribution in [-0.2, 0) is 4.79 Å². The number of hydrogen-bond donors (Lipinski definition) is 0. The Balaban J connectivity index is 2.27. The number of benzene rings is 1. The van der Waals surface area contributed by atoms with E-state index in [4.69, 9.17) is 11.6 Å². The van der Waals surface area contributed by atoms with Crippen LogP contribution in [0.3, 0.4) is 0 Å². The highest BCUT2D eigenvalue weighted by Gasteiger charge is 2.22. The Morgan fingerprint density at radius 2 is 2.29 bits per heavy atom. The number of carbonyl (C=O) groups excluding carboxylic acids is 1. The first-order valence-electron chi connectivity index (χ1n) is 6.10. The molecule has 1 aliphatic rings. The van der Waals surface area contributed by atoms with Gasteiger partial charge in [0.05, 0.1) is 4.92 Å². The van der Waals surface area contributed by atoms with E-state index in [9.17, 15) is 14.9 Å². The molecule has 2 rings (SSSR count). The van der Waals surface area contributed by atoms with Crippen LogP contribution in [0.15, 0.2) is 28.9 Å². The van der Waals surface area contributed by atoms with Gasteiger partial charge in [-0.15, -0.1) is 0 Å². The van der Waals surface area contributed by atoms with Crippen molar-refractivity contribution in [3.8, 4) is 0 Å². The average Bonchev–Trinajstić information content (AvgIpc) is 2.78. The second kappa shape index (κ2) is 7.11. The van der Waals surface area contributed by atoms with Crippen molar-refractivity contribution in [3.63, 3.8) is 0 Å². The van der Waals surface area contributed by atoms with Crippen molar-refractivity contribution in [2.45, 2.75) is 13.3 Å². The first kappa shape index (κ1) is 16.1. The molecule has 0 spiro atoms. The molecule has 0 aromatic heterocycles. The third-order valence-electron chi connectivity index (χ3n) is 2.50. The molecule has 0 N–H and O–H groups in total. The Labute approximate surface area is 135 Å². The molecule has 0 radical (unpaired) electrons. The van der Waals surface area contributed by atoms with Gasteiger partial charge in [0.2, 0.25) is 5.12 Å². The van der Waals surface area contributed by atoms with Gasteiger partial charge in [0.1, 0.15) is 15.1 Å². The minimum atomic E-state index is -0.554. The topological polar surface area (TPSA) is 72.6 Å². The third-order valence-corrected chi connectivity index (χ3v) is 5.04. The molecule has 1 aromatic carbocycles. The lowest BCUT2D eigenvalue weighted by Gasteiger charge is -1.97. The van der Waals surface area contributed by atoms with Crippen molar-refractivity contribution in [1.29, 1.82) is 0 Å². The fraction of sp³-hybridized carbons (Fsp3) is 0.231. The molecule has 8 heteroatoms. The van der Waals surface area contributed by atoms with Gasteiger partial charge in [0.15, 0.2) is 0 Å². The highest BCUT2D eigenvalue weighted by atomic mass is 35.5. The van der Waals surface area contributed by atoms with Crippen LogP contribution >= 0.6 is 35.1 Å². The molecule has 0 aliphatic carbocycles. The van der Waals surface area contributed by atoms with Gasteiger partial charge < -0.3 is 0 Å². The lowest BCUT2D eigenvalue weighted by molar-refractivity contribution is -0.384. The van der Waals surface area contributed by atoms with E-state index in [0.29, 0.717) is 11.3 Å². The summed E-state index contributed by atoms with van der Waals surface area (Å²) in [5.41, 5.74) is 0.643. The molecule has 0 amide bonds. The minimum Gasteiger partial charge on any atom is -0.279 e. The first-order chi connectivity index (χ1) is 10.0. The van der Waals surface area contributed by atoms with E-state index < -0.39 is 4.92 Å². The van der Waals surface area contributed by atoms with Gasteiger partial charge >= 0.3 is 0 Å². The highest BCUT2D eigenvalue weighted by molar-refractivity contribution is 8.45. The fourth-order valence-corrected chi connectivity index (χ4v) is 3.51. The van der Waals surface area contributed by atoms with Gasteiger partial charge in [0.25, 0.3) is 5.69 Å². The molecule has 0 unspecified atom stereocenters. The SMILES string of the molecule is CCCSC1=NC(=Cc2ccc(Cl)c([N+](=O)[O-])c2)C(=O)S1. The Hall–Kier alpha value is -1.31. The monoisotopic (exact) mass is 342 g/mol. The molecular weight excluding hydrogens is 332 g/mol. The lowest BCUT2D eigenvalue weighted by atomic mass is 10.2. The van der Waals surface area contributed by atoms with Crippen molar-refractivity contribution >= 4 is 56.4 Å². The maximum absolute atomic E-state index is 11.8. The quantitative estimate of drug-likeness (QED) is 0.461. The Morgan fingerprint density at radius 3 is 2.95 bits per heavy atom. The zero-order valence-corrected chi connectivity index (χ0v) is 13.4. The summed E-state index contributed by atoms with van der Waals surface area (Å²) in [5.74, 6) is 0.902. The first-order valence-corrected chi connectivity index (χ1v) is 8.28. The van der Waals surface area contributed by atoms with E-state index in [0.717, 1.165) is 28.3 Å². The Kier molecular flexibility index (Phi) is 5.44. The number of aliphatic imine (C=N–C) groups is 1. The molecule has 1 aliphatic heterocycles. The number of thioether (sulfide) groups is 2. The van der Waals surface area contributed by atoms with Crippen LogP contribution in [0.1, 0.15) is 18.9 Å². The molecule has 1 heterocycles. The van der Waals surface area contributed by atoms with Crippen LogP contribution in [0.4, 0.5) is 5.69 Å². The van der Waals surface area contributed by atoms with E-state index in [-0.39, 0.29) is 15.8 Å². The smallest absolute Gasteiger partial charge is 0.279 e. The molecule has 21 heavy (non-hydrogen) atoms. The summed E-state index contributed by atoms with van der Waals surface area (Å²) in [6.45, 7) is 2.05. The predicted octanol–water partition coefficient (Wildman–Crippen LogP) is 4.36. The maximum atomic E-state index is 11.8. The Morgan fingerprint density at radius 1 is 1.52 bits per heavy atom. The number of hydrogen-bond acceptors (Lipinski definition) is 6. The maximum Gasteiger partial charge on any atom is 0.288 e. The van der Waals surface area contributed by atoms with Crippen molar-refractivity contribution < 1.29 is 9.72 Å². The average molecular weight is 343 g/mol. The van der Waals surface area contributed by atoms with Gasteiger partial charge in [-0.25, -0.2) is 4.99 Å². The minimum absolute atomic E-state index is 0.0666.